The van der Waals surface area contributed by atoms with Crippen molar-refractivity contribution in [1.29, 1.82) is 5.26 Å². The summed E-state index contributed by atoms with van der Waals surface area (Å²) in [5, 5.41) is 8.91. The molecule has 0 aliphatic heterocycles. The fourth-order valence-corrected chi connectivity index (χ4v) is 3.87. The second-order valence-corrected chi connectivity index (χ2v) is 7.16. The van der Waals surface area contributed by atoms with E-state index in [9.17, 15) is 8.42 Å². The fraction of sp³-hybridized carbons (Fsp3) is 0.500. The Balaban J connectivity index is 2.41. The number of nitriles is 1. The summed E-state index contributed by atoms with van der Waals surface area (Å²) < 4.78 is 26.7. The molecule has 102 valence electrons. The van der Waals surface area contributed by atoms with Gasteiger partial charge in [0.25, 0.3) is 0 Å². The van der Waals surface area contributed by atoms with Crippen LogP contribution in [0.5, 0.6) is 0 Å². The predicted molar refractivity (Wildman–Crippen MR) is 73.0 cm³/mol. The molecule has 5 heteroatoms. The van der Waals surface area contributed by atoms with Crippen LogP contribution in [-0.2, 0) is 10.0 Å². The minimum absolute atomic E-state index is 0.00939. The molecule has 1 unspecified atom stereocenters. The molecule has 1 aliphatic rings. The van der Waals surface area contributed by atoms with E-state index in [2.05, 4.69) is 0 Å². The Labute approximate surface area is 114 Å². The Morgan fingerprint density at radius 3 is 2.58 bits per heavy atom. The van der Waals surface area contributed by atoms with Crippen LogP contribution < -0.4 is 0 Å². The molecule has 2 rings (SSSR count). The molecule has 0 bridgehead atoms. The van der Waals surface area contributed by atoms with E-state index in [4.69, 9.17) is 5.26 Å². The van der Waals surface area contributed by atoms with Crippen LogP contribution in [0.15, 0.2) is 23.1 Å². The molecule has 0 radical (unpaired) electrons. The number of nitrogens with zero attached hydrogens (tertiary/aromatic N) is 2. The molecule has 1 aromatic carbocycles. The highest BCUT2D eigenvalue weighted by atomic mass is 32.2. The van der Waals surface area contributed by atoms with Gasteiger partial charge in [-0.15, -0.1) is 0 Å². The zero-order chi connectivity index (χ0) is 14.2. The van der Waals surface area contributed by atoms with Gasteiger partial charge in [-0.25, -0.2) is 8.42 Å². The van der Waals surface area contributed by atoms with E-state index >= 15 is 0 Å². The van der Waals surface area contributed by atoms with Crippen LogP contribution in [0, 0.1) is 24.2 Å². The lowest BCUT2D eigenvalue weighted by atomic mass is 10.2. The third-order valence-electron chi connectivity index (χ3n) is 3.85. The minimum atomic E-state index is -3.52. The van der Waals surface area contributed by atoms with Gasteiger partial charge in [0.2, 0.25) is 10.0 Å². The second-order valence-electron chi connectivity index (χ2n) is 5.19. The smallest absolute Gasteiger partial charge is 0.207 e. The van der Waals surface area contributed by atoms with Gasteiger partial charge in [-0.2, -0.15) is 9.57 Å². The van der Waals surface area contributed by atoms with Crippen molar-refractivity contribution in [2.75, 3.05) is 7.05 Å². The lowest BCUT2D eigenvalue weighted by molar-refractivity contribution is 0.357. The summed E-state index contributed by atoms with van der Waals surface area (Å²) in [7, 11) is -1.90. The highest BCUT2D eigenvalue weighted by molar-refractivity contribution is 7.89. The van der Waals surface area contributed by atoms with Gasteiger partial charge in [-0.1, -0.05) is 6.07 Å². The van der Waals surface area contributed by atoms with Crippen LogP contribution in [0.3, 0.4) is 0 Å². The molecular formula is C14H18N2O2S. The number of benzene rings is 1. The standard InChI is InChI=1S/C14H18N2O2S/c1-10-4-5-12(9-15)8-14(10)19(17,18)16(3)11(2)13-6-7-13/h4-5,8,11,13H,6-7H2,1-3H3. The molecule has 1 fully saturated rings. The number of hydrogen-bond donors (Lipinski definition) is 0. The first-order chi connectivity index (χ1) is 8.87. The average molecular weight is 278 g/mol. The molecule has 1 aliphatic carbocycles. The first kappa shape index (κ1) is 14.0. The lowest BCUT2D eigenvalue weighted by Gasteiger charge is -2.25. The van der Waals surface area contributed by atoms with Gasteiger partial charge in [0, 0.05) is 13.1 Å². The monoisotopic (exact) mass is 278 g/mol. The van der Waals surface area contributed by atoms with E-state index < -0.39 is 10.0 Å². The van der Waals surface area contributed by atoms with Crippen molar-refractivity contribution in [3.05, 3.63) is 29.3 Å². The van der Waals surface area contributed by atoms with Crippen molar-refractivity contribution in [2.24, 2.45) is 5.92 Å². The molecule has 0 spiro atoms. The minimum Gasteiger partial charge on any atom is -0.207 e. The first-order valence-corrected chi connectivity index (χ1v) is 7.80. The number of sulfonamides is 1. The molecule has 0 saturated heterocycles. The van der Waals surface area contributed by atoms with Crippen LogP contribution in [0.2, 0.25) is 0 Å². The van der Waals surface area contributed by atoms with Gasteiger partial charge in [-0.3, -0.25) is 0 Å². The highest BCUT2D eigenvalue weighted by Crippen LogP contribution is 2.36. The van der Waals surface area contributed by atoms with E-state index in [1.54, 1.807) is 26.1 Å². The van der Waals surface area contributed by atoms with E-state index in [0.29, 0.717) is 17.0 Å². The third-order valence-corrected chi connectivity index (χ3v) is 5.94. The molecule has 1 aromatic rings. The second kappa shape index (κ2) is 4.95. The van der Waals surface area contributed by atoms with Crippen LogP contribution in [0.4, 0.5) is 0 Å². The van der Waals surface area contributed by atoms with Crippen LogP contribution >= 0.6 is 0 Å². The normalized spacial score (nSPS) is 17.2. The van der Waals surface area contributed by atoms with Gasteiger partial charge >= 0.3 is 0 Å². The molecule has 0 N–H and O–H groups in total. The lowest BCUT2D eigenvalue weighted by Crippen LogP contribution is -2.36. The zero-order valence-corrected chi connectivity index (χ0v) is 12.2. The Bertz CT molecular complexity index is 627. The Hall–Kier alpha value is -1.38. The van der Waals surface area contributed by atoms with Gasteiger partial charge in [0.15, 0.2) is 0 Å². The van der Waals surface area contributed by atoms with Crippen molar-refractivity contribution in [2.45, 2.75) is 37.6 Å². The van der Waals surface area contributed by atoms with Gasteiger partial charge < -0.3 is 0 Å². The van der Waals surface area contributed by atoms with E-state index in [1.165, 1.54) is 10.4 Å². The van der Waals surface area contributed by atoms with Crippen molar-refractivity contribution >= 4 is 10.0 Å². The molecule has 1 saturated carbocycles. The zero-order valence-electron chi connectivity index (χ0n) is 11.4. The SMILES string of the molecule is Cc1ccc(C#N)cc1S(=O)(=O)N(C)C(C)C1CC1. The third kappa shape index (κ3) is 2.65. The maximum Gasteiger partial charge on any atom is 0.243 e. The summed E-state index contributed by atoms with van der Waals surface area (Å²) in [6.07, 6.45) is 2.19. The van der Waals surface area contributed by atoms with Gasteiger partial charge in [-0.05, 0) is 50.3 Å². The number of hydrogen-bond acceptors (Lipinski definition) is 3. The van der Waals surface area contributed by atoms with Crippen molar-refractivity contribution < 1.29 is 8.42 Å². The van der Waals surface area contributed by atoms with E-state index in [-0.39, 0.29) is 10.9 Å². The maximum absolute atomic E-state index is 12.6. The predicted octanol–water partition coefficient (Wildman–Crippen LogP) is 2.29. The van der Waals surface area contributed by atoms with Gasteiger partial charge in [0.1, 0.15) is 0 Å². The molecule has 0 aromatic heterocycles. The average Bonchev–Trinajstić information content (AvgIpc) is 3.21. The quantitative estimate of drug-likeness (QED) is 0.849. The summed E-state index contributed by atoms with van der Waals surface area (Å²) >= 11 is 0. The van der Waals surface area contributed by atoms with Crippen LogP contribution in [-0.4, -0.2) is 25.8 Å². The molecule has 0 heterocycles. The summed E-state index contributed by atoms with van der Waals surface area (Å²) in [5.74, 6) is 0.472. The first-order valence-electron chi connectivity index (χ1n) is 6.36. The van der Waals surface area contributed by atoms with Gasteiger partial charge in [0.05, 0.1) is 16.5 Å². The summed E-state index contributed by atoms with van der Waals surface area (Å²) in [6, 6.07) is 6.77. The topological polar surface area (TPSA) is 61.2 Å². The van der Waals surface area contributed by atoms with E-state index in [1.807, 2.05) is 13.0 Å². The summed E-state index contributed by atoms with van der Waals surface area (Å²) in [4.78, 5) is 0.238. The molecule has 4 nitrogen and oxygen atoms in total. The molecule has 19 heavy (non-hydrogen) atoms. The highest BCUT2D eigenvalue weighted by Gasteiger charge is 2.36. The molecule has 0 amide bonds. The van der Waals surface area contributed by atoms with Crippen LogP contribution in [0.1, 0.15) is 30.9 Å². The summed E-state index contributed by atoms with van der Waals surface area (Å²) in [5.41, 5.74) is 1.05. The Morgan fingerprint density at radius 1 is 1.42 bits per heavy atom. The van der Waals surface area contributed by atoms with Crippen molar-refractivity contribution in [1.82, 2.24) is 4.31 Å². The fourth-order valence-electron chi connectivity index (χ4n) is 2.20. The van der Waals surface area contributed by atoms with E-state index in [0.717, 1.165) is 12.8 Å². The summed E-state index contributed by atoms with van der Waals surface area (Å²) in [6.45, 7) is 3.70. The van der Waals surface area contributed by atoms with Crippen molar-refractivity contribution in [3.8, 4) is 6.07 Å². The maximum atomic E-state index is 12.6. The number of rotatable bonds is 4. The molecular weight excluding hydrogens is 260 g/mol. The Morgan fingerprint density at radius 2 is 2.05 bits per heavy atom. The Kier molecular flexibility index (Phi) is 3.66. The van der Waals surface area contributed by atoms with Crippen LogP contribution in [0.25, 0.3) is 0 Å². The number of aryl methyl sites for hydroxylation is 1. The van der Waals surface area contributed by atoms with Crippen molar-refractivity contribution in [3.63, 3.8) is 0 Å². The molecule has 1 atom stereocenters. The largest absolute Gasteiger partial charge is 0.243 e.